The molecule has 0 bridgehead atoms. The molecule has 0 saturated heterocycles. The van der Waals surface area contributed by atoms with Crippen molar-refractivity contribution in [2.24, 2.45) is 0 Å². The van der Waals surface area contributed by atoms with Crippen molar-refractivity contribution < 1.29 is 9.22 Å². The Balaban J connectivity index is 2.15. The summed E-state index contributed by atoms with van der Waals surface area (Å²) in [7, 11) is -1.18. The molecular formula is C19H18BO2P. The van der Waals surface area contributed by atoms with Crippen LogP contribution >= 0.6 is 7.14 Å². The highest BCUT2D eigenvalue weighted by Crippen LogP contribution is 2.42. The van der Waals surface area contributed by atoms with Gasteiger partial charge < -0.3 is 9.22 Å². The van der Waals surface area contributed by atoms with Gasteiger partial charge in [0.2, 0.25) is 0 Å². The Morgan fingerprint density at radius 3 is 1.57 bits per heavy atom. The lowest BCUT2D eigenvalue weighted by Crippen LogP contribution is -2.24. The number of hydrogen-bond donors (Lipinski definition) is 0. The van der Waals surface area contributed by atoms with Gasteiger partial charge in [-0.25, -0.2) is 0 Å². The highest BCUT2D eigenvalue weighted by Gasteiger charge is 2.29. The summed E-state index contributed by atoms with van der Waals surface area (Å²) in [6.45, 7) is 0.557. The van der Waals surface area contributed by atoms with E-state index in [4.69, 9.17) is 4.65 Å². The lowest BCUT2D eigenvalue weighted by molar-refractivity contribution is 0.338. The molecule has 114 valence electrons. The first-order valence-electron chi connectivity index (χ1n) is 7.55. The van der Waals surface area contributed by atoms with E-state index < -0.39 is 7.14 Å². The maximum atomic E-state index is 14.1. The summed E-state index contributed by atoms with van der Waals surface area (Å²) in [5, 5.41) is 2.55. The van der Waals surface area contributed by atoms with Crippen LogP contribution in [0, 0.1) is 0 Å². The van der Waals surface area contributed by atoms with Gasteiger partial charge in [0.05, 0.1) is 6.61 Å². The molecule has 2 nitrogen and oxygen atoms in total. The van der Waals surface area contributed by atoms with E-state index in [2.05, 4.69) is 0 Å². The summed E-state index contributed by atoms with van der Waals surface area (Å²) in [5.41, 5.74) is 1.07. The van der Waals surface area contributed by atoms with Crippen LogP contribution in [0.25, 0.3) is 0 Å². The maximum absolute atomic E-state index is 14.1. The molecule has 0 spiro atoms. The van der Waals surface area contributed by atoms with Crippen molar-refractivity contribution in [3.8, 4) is 0 Å². The molecule has 0 aliphatic rings. The van der Waals surface area contributed by atoms with Gasteiger partial charge in [0.25, 0.3) is 8.05 Å². The lowest BCUT2D eigenvalue weighted by atomic mass is 10.2. The monoisotopic (exact) mass is 320 g/mol. The molecule has 23 heavy (non-hydrogen) atoms. The third-order valence-electron chi connectivity index (χ3n) is 3.85. The first kappa shape index (κ1) is 15.8. The van der Waals surface area contributed by atoms with Crippen molar-refractivity contribution in [1.29, 1.82) is 0 Å². The molecule has 0 fully saturated rings. The molecule has 4 heteroatoms. The molecule has 0 heterocycles. The summed E-state index contributed by atoms with van der Waals surface area (Å²) < 4.78 is 19.2. The fraction of sp³-hybridized carbons (Fsp3) is 0.0526. The van der Waals surface area contributed by atoms with Gasteiger partial charge in [0.1, 0.15) is 0 Å². The standard InChI is InChI=1S/C19H18BO2P/c20-22-15-16-11-13-19(14-12-16)23(21,17-7-3-1-4-8-17)18-9-5-2-6-10-18/h1-14H,15,20H2. The Bertz CT molecular complexity index is 758. The Kier molecular flexibility index (Phi) is 4.80. The summed E-state index contributed by atoms with van der Waals surface area (Å²) in [5.74, 6) is 0. The normalized spacial score (nSPS) is 11.3. The van der Waals surface area contributed by atoms with Gasteiger partial charge in [-0.3, -0.25) is 0 Å². The fourth-order valence-corrected chi connectivity index (χ4v) is 5.34. The molecule has 0 unspecified atom stereocenters. The number of hydrogen-bond acceptors (Lipinski definition) is 2. The minimum atomic E-state index is -2.86. The van der Waals surface area contributed by atoms with Crippen LogP contribution in [0.15, 0.2) is 84.9 Å². The molecule has 0 aliphatic heterocycles. The van der Waals surface area contributed by atoms with Crippen molar-refractivity contribution in [2.45, 2.75) is 6.61 Å². The van der Waals surface area contributed by atoms with Crippen LogP contribution in [-0.4, -0.2) is 8.05 Å². The van der Waals surface area contributed by atoms with E-state index >= 15 is 0 Å². The minimum absolute atomic E-state index is 0.557. The quantitative estimate of drug-likeness (QED) is 0.533. The Morgan fingerprint density at radius 1 is 0.696 bits per heavy atom. The SMILES string of the molecule is BOCc1ccc(P(=O)(c2ccccc2)c2ccccc2)cc1. The van der Waals surface area contributed by atoms with Gasteiger partial charge in [-0.15, -0.1) is 0 Å². The molecule has 3 rings (SSSR count). The predicted molar refractivity (Wildman–Crippen MR) is 99.2 cm³/mol. The van der Waals surface area contributed by atoms with E-state index in [0.717, 1.165) is 21.5 Å². The van der Waals surface area contributed by atoms with Gasteiger partial charge in [-0.2, -0.15) is 0 Å². The number of benzene rings is 3. The largest absolute Gasteiger partial charge is 0.440 e. The smallest absolute Gasteiger partial charge is 0.257 e. The number of rotatable bonds is 5. The van der Waals surface area contributed by atoms with Gasteiger partial charge in [-0.05, 0) is 5.56 Å². The second kappa shape index (κ2) is 7.00. The van der Waals surface area contributed by atoms with Crippen LogP contribution in [0.3, 0.4) is 0 Å². The zero-order valence-electron chi connectivity index (χ0n) is 13.1. The van der Waals surface area contributed by atoms with Crippen LogP contribution < -0.4 is 15.9 Å². The molecule has 0 aromatic heterocycles. The first-order valence-corrected chi connectivity index (χ1v) is 9.25. The zero-order chi connectivity index (χ0) is 16.1. The van der Waals surface area contributed by atoms with Crippen molar-refractivity contribution in [2.75, 3.05) is 0 Å². The summed E-state index contributed by atoms with van der Waals surface area (Å²) in [6.07, 6.45) is 0. The van der Waals surface area contributed by atoms with E-state index in [0.29, 0.717) is 6.61 Å². The van der Waals surface area contributed by atoms with Crippen molar-refractivity contribution in [1.82, 2.24) is 0 Å². The van der Waals surface area contributed by atoms with Crippen LogP contribution in [0.5, 0.6) is 0 Å². The summed E-state index contributed by atoms with van der Waals surface area (Å²) >= 11 is 0. The lowest BCUT2D eigenvalue weighted by Gasteiger charge is -2.20. The molecule has 0 saturated carbocycles. The topological polar surface area (TPSA) is 26.3 Å². The average molecular weight is 320 g/mol. The first-order chi connectivity index (χ1) is 11.2. The highest BCUT2D eigenvalue weighted by molar-refractivity contribution is 7.85. The molecule has 0 N–H and O–H groups in total. The minimum Gasteiger partial charge on any atom is -0.440 e. The van der Waals surface area contributed by atoms with E-state index in [1.165, 1.54) is 0 Å². The van der Waals surface area contributed by atoms with Crippen molar-refractivity contribution in [3.63, 3.8) is 0 Å². The van der Waals surface area contributed by atoms with Gasteiger partial charge in [-0.1, -0.05) is 84.9 Å². The third-order valence-corrected chi connectivity index (χ3v) is 6.93. The Morgan fingerprint density at radius 2 is 1.13 bits per heavy atom. The summed E-state index contributed by atoms with van der Waals surface area (Å²) in [6, 6.07) is 27.3. The maximum Gasteiger partial charge on any atom is 0.257 e. The van der Waals surface area contributed by atoms with E-state index in [1.54, 1.807) is 8.05 Å². The molecule has 0 radical (unpaired) electrons. The fourth-order valence-electron chi connectivity index (χ4n) is 2.69. The predicted octanol–water partition coefficient (Wildman–Crippen LogP) is 2.39. The van der Waals surface area contributed by atoms with E-state index in [-0.39, 0.29) is 0 Å². The van der Waals surface area contributed by atoms with Crippen LogP contribution in [0.1, 0.15) is 5.56 Å². The van der Waals surface area contributed by atoms with Crippen LogP contribution in [-0.2, 0) is 15.8 Å². The van der Waals surface area contributed by atoms with Gasteiger partial charge in [0.15, 0.2) is 7.14 Å². The van der Waals surface area contributed by atoms with Crippen molar-refractivity contribution >= 4 is 31.1 Å². The summed E-state index contributed by atoms with van der Waals surface area (Å²) in [4.78, 5) is 0. The Hall–Kier alpha value is -2.09. The van der Waals surface area contributed by atoms with Crippen molar-refractivity contribution in [3.05, 3.63) is 90.5 Å². The zero-order valence-corrected chi connectivity index (χ0v) is 13.9. The molecule has 3 aromatic rings. The second-order valence-electron chi connectivity index (χ2n) is 5.38. The van der Waals surface area contributed by atoms with Crippen LogP contribution in [0.2, 0.25) is 0 Å². The molecule has 0 atom stereocenters. The van der Waals surface area contributed by atoms with E-state index in [1.807, 2.05) is 84.9 Å². The van der Waals surface area contributed by atoms with Crippen LogP contribution in [0.4, 0.5) is 0 Å². The molecular weight excluding hydrogens is 302 g/mol. The van der Waals surface area contributed by atoms with Gasteiger partial charge >= 0.3 is 0 Å². The third kappa shape index (κ3) is 3.17. The second-order valence-corrected chi connectivity index (χ2v) is 8.15. The average Bonchev–Trinajstić information content (AvgIpc) is 2.63. The van der Waals surface area contributed by atoms with E-state index in [9.17, 15) is 4.57 Å². The highest BCUT2D eigenvalue weighted by atomic mass is 31.2. The Labute approximate surface area is 138 Å². The molecule has 3 aromatic carbocycles. The van der Waals surface area contributed by atoms with Gasteiger partial charge in [0, 0.05) is 15.9 Å². The molecule has 0 aliphatic carbocycles. The molecule has 0 amide bonds.